The number of carbonyl (C=O) groups excluding carboxylic acids is 1. The third-order valence-corrected chi connectivity index (χ3v) is 1.44. The van der Waals surface area contributed by atoms with Crippen LogP contribution in [0.2, 0.25) is 0 Å². The van der Waals surface area contributed by atoms with Gasteiger partial charge in [-0.25, -0.2) is 4.39 Å². The van der Waals surface area contributed by atoms with Crippen molar-refractivity contribution in [2.75, 3.05) is 0 Å². The van der Waals surface area contributed by atoms with Crippen molar-refractivity contribution in [1.82, 2.24) is 0 Å². The van der Waals surface area contributed by atoms with Gasteiger partial charge < -0.3 is 4.74 Å². The van der Waals surface area contributed by atoms with Crippen LogP contribution in [0.3, 0.4) is 0 Å². The van der Waals surface area contributed by atoms with Crippen molar-refractivity contribution in [2.24, 2.45) is 0 Å². The van der Waals surface area contributed by atoms with E-state index in [9.17, 15) is 23.7 Å². The maximum absolute atomic E-state index is 12.9. The third kappa shape index (κ3) is 2.46. The molecule has 7 heteroatoms. The van der Waals surface area contributed by atoms with E-state index < -0.39 is 34.0 Å². The molecule has 80 valence electrons. The van der Waals surface area contributed by atoms with Crippen LogP contribution in [0, 0.1) is 21.7 Å². The summed E-state index contributed by atoms with van der Waals surface area (Å²) in [6, 6.07) is 1.04. The van der Waals surface area contributed by atoms with Crippen molar-refractivity contribution in [3.8, 4) is 5.75 Å². The molecule has 0 bridgehead atoms. The fraction of sp³-hybridized carbons (Fsp3) is 0.125. The van der Waals surface area contributed by atoms with Gasteiger partial charge >= 0.3 is 5.97 Å². The third-order valence-electron chi connectivity index (χ3n) is 1.44. The van der Waals surface area contributed by atoms with E-state index in [1.165, 1.54) is 0 Å². The second-order valence-electron chi connectivity index (χ2n) is 2.59. The van der Waals surface area contributed by atoms with Gasteiger partial charge in [-0.2, -0.15) is 4.39 Å². The van der Waals surface area contributed by atoms with Crippen LogP contribution in [-0.4, -0.2) is 10.9 Å². The number of carbonyl (C=O) groups is 1. The minimum atomic E-state index is -1.44. The molecule has 0 N–H and O–H groups in total. The number of nitro benzene ring substituents is 1. The zero-order valence-corrected chi connectivity index (χ0v) is 7.49. The van der Waals surface area contributed by atoms with Crippen LogP contribution in [0.4, 0.5) is 14.5 Å². The number of rotatable bonds is 2. The smallest absolute Gasteiger partial charge is 0.308 e. The predicted octanol–water partition coefficient (Wildman–Crippen LogP) is 1.80. The monoisotopic (exact) mass is 217 g/mol. The van der Waals surface area contributed by atoms with Crippen LogP contribution in [-0.2, 0) is 4.79 Å². The molecule has 0 heterocycles. The molecule has 0 spiro atoms. The Labute approximate surface area is 82.4 Å². The standard InChI is InChI=1S/C8H5F2NO4/c1-4(12)15-7-3-5(11(13)14)2-6(9)8(7)10/h2-3H,1H3. The first-order valence-electron chi connectivity index (χ1n) is 3.73. The van der Waals surface area contributed by atoms with Crippen LogP contribution < -0.4 is 4.74 Å². The number of halogens is 2. The Morgan fingerprint density at radius 3 is 2.53 bits per heavy atom. The lowest BCUT2D eigenvalue weighted by Crippen LogP contribution is -2.05. The van der Waals surface area contributed by atoms with Crippen LogP contribution in [0.15, 0.2) is 12.1 Å². The largest absolute Gasteiger partial charge is 0.423 e. The van der Waals surface area contributed by atoms with Crippen molar-refractivity contribution in [3.05, 3.63) is 33.9 Å². The first kappa shape index (κ1) is 11.0. The summed E-state index contributed by atoms with van der Waals surface area (Å²) in [4.78, 5) is 19.8. The average molecular weight is 217 g/mol. The first-order valence-corrected chi connectivity index (χ1v) is 3.73. The van der Waals surface area contributed by atoms with Gasteiger partial charge in [-0.1, -0.05) is 0 Å². The van der Waals surface area contributed by atoms with Crippen molar-refractivity contribution in [1.29, 1.82) is 0 Å². The van der Waals surface area contributed by atoms with Crippen molar-refractivity contribution in [3.63, 3.8) is 0 Å². The highest BCUT2D eigenvalue weighted by molar-refractivity contribution is 5.69. The van der Waals surface area contributed by atoms with Gasteiger partial charge in [0.25, 0.3) is 5.69 Å². The van der Waals surface area contributed by atoms with Crippen molar-refractivity contribution in [2.45, 2.75) is 6.92 Å². The molecule has 0 aromatic heterocycles. The van der Waals surface area contributed by atoms with E-state index in [2.05, 4.69) is 4.74 Å². The predicted molar refractivity (Wildman–Crippen MR) is 44.3 cm³/mol. The number of nitro groups is 1. The number of nitrogens with zero attached hydrogens (tertiary/aromatic N) is 1. The topological polar surface area (TPSA) is 69.4 Å². The number of hydrogen-bond donors (Lipinski definition) is 0. The quantitative estimate of drug-likeness (QED) is 0.328. The zero-order chi connectivity index (χ0) is 11.6. The Morgan fingerprint density at radius 1 is 1.47 bits per heavy atom. The molecule has 0 amide bonds. The lowest BCUT2D eigenvalue weighted by atomic mass is 10.3. The Kier molecular flexibility index (Phi) is 2.93. The van der Waals surface area contributed by atoms with Crippen LogP contribution in [0.5, 0.6) is 5.75 Å². The maximum Gasteiger partial charge on any atom is 0.308 e. The molecule has 0 atom stereocenters. The molecule has 0 aliphatic heterocycles. The molecule has 0 saturated heterocycles. The lowest BCUT2D eigenvalue weighted by molar-refractivity contribution is -0.385. The molecular formula is C8H5F2NO4. The van der Waals surface area contributed by atoms with E-state index in [0.29, 0.717) is 12.1 Å². The first-order chi connectivity index (χ1) is 6.91. The Balaban J connectivity index is 3.24. The molecular weight excluding hydrogens is 212 g/mol. The highest BCUT2D eigenvalue weighted by Gasteiger charge is 2.18. The average Bonchev–Trinajstić information content (AvgIpc) is 2.11. The van der Waals surface area contributed by atoms with Crippen molar-refractivity contribution >= 4 is 11.7 Å². The Bertz CT molecular complexity index is 433. The Morgan fingerprint density at radius 2 is 2.07 bits per heavy atom. The molecule has 0 radical (unpaired) electrons. The molecule has 0 unspecified atom stereocenters. The van der Waals surface area contributed by atoms with Gasteiger partial charge in [-0.3, -0.25) is 14.9 Å². The molecule has 1 aromatic carbocycles. The molecule has 15 heavy (non-hydrogen) atoms. The number of non-ortho nitro benzene ring substituents is 1. The van der Waals surface area contributed by atoms with Gasteiger partial charge in [-0.05, 0) is 0 Å². The summed E-state index contributed by atoms with van der Waals surface area (Å²) >= 11 is 0. The SMILES string of the molecule is CC(=O)Oc1cc([N+](=O)[O-])cc(F)c1F. The molecule has 0 saturated carbocycles. The normalized spacial score (nSPS) is 9.80. The van der Waals surface area contributed by atoms with Gasteiger partial charge in [0.05, 0.1) is 17.1 Å². The molecule has 0 aliphatic rings. The highest BCUT2D eigenvalue weighted by atomic mass is 19.2. The van der Waals surface area contributed by atoms with Crippen LogP contribution in [0.1, 0.15) is 6.92 Å². The summed E-state index contributed by atoms with van der Waals surface area (Å²) in [7, 11) is 0. The van der Waals surface area contributed by atoms with E-state index in [1.54, 1.807) is 0 Å². The maximum atomic E-state index is 12.9. The molecule has 1 aromatic rings. The number of esters is 1. The lowest BCUT2D eigenvalue weighted by Gasteiger charge is -2.02. The summed E-state index contributed by atoms with van der Waals surface area (Å²) in [6.07, 6.45) is 0. The summed E-state index contributed by atoms with van der Waals surface area (Å²) in [5.41, 5.74) is -0.690. The summed E-state index contributed by atoms with van der Waals surface area (Å²) in [5, 5.41) is 10.3. The van der Waals surface area contributed by atoms with Crippen molar-refractivity contribution < 1.29 is 23.2 Å². The number of benzene rings is 1. The van der Waals surface area contributed by atoms with Gasteiger partial charge in [0.1, 0.15) is 0 Å². The van der Waals surface area contributed by atoms with Crippen LogP contribution in [0.25, 0.3) is 0 Å². The highest BCUT2D eigenvalue weighted by Crippen LogP contribution is 2.26. The minimum absolute atomic E-state index is 0.405. The van der Waals surface area contributed by atoms with E-state index in [1.807, 2.05) is 0 Å². The van der Waals surface area contributed by atoms with E-state index in [-0.39, 0.29) is 0 Å². The summed E-state index contributed by atoms with van der Waals surface area (Å²) in [5.74, 6) is -4.57. The van der Waals surface area contributed by atoms with Gasteiger partial charge in [0, 0.05) is 6.92 Å². The molecule has 5 nitrogen and oxygen atoms in total. The van der Waals surface area contributed by atoms with E-state index in [0.717, 1.165) is 6.92 Å². The number of ether oxygens (including phenoxy) is 1. The molecule has 0 aliphatic carbocycles. The molecule has 1 rings (SSSR count). The second-order valence-corrected chi connectivity index (χ2v) is 2.59. The zero-order valence-electron chi connectivity index (χ0n) is 7.49. The van der Waals surface area contributed by atoms with Gasteiger partial charge in [-0.15, -0.1) is 0 Å². The fourth-order valence-corrected chi connectivity index (χ4v) is 0.885. The van der Waals surface area contributed by atoms with Gasteiger partial charge in [0.2, 0.25) is 5.82 Å². The summed E-state index contributed by atoms with van der Waals surface area (Å²) in [6.45, 7) is 0.968. The number of hydrogen-bond acceptors (Lipinski definition) is 4. The summed E-state index contributed by atoms with van der Waals surface area (Å²) < 4.78 is 30.0. The fourth-order valence-electron chi connectivity index (χ4n) is 0.885. The minimum Gasteiger partial charge on any atom is -0.423 e. The molecule has 0 fully saturated rings. The van der Waals surface area contributed by atoms with Gasteiger partial charge in [0.15, 0.2) is 11.6 Å². The van der Waals surface area contributed by atoms with E-state index in [4.69, 9.17) is 0 Å². The van der Waals surface area contributed by atoms with Crippen LogP contribution >= 0.6 is 0 Å². The Hall–Kier alpha value is -2.05. The second kappa shape index (κ2) is 3.99. The van der Waals surface area contributed by atoms with E-state index >= 15 is 0 Å².